The average Bonchev–Trinajstić information content (AvgIpc) is 2.72. The van der Waals surface area contributed by atoms with Crippen LogP contribution in [0.1, 0.15) is 33.3 Å². The Labute approximate surface area is 137 Å². The molecule has 1 aromatic heterocycles. The Hall–Kier alpha value is -1.76. The second kappa shape index (κ2) is 5.71. The minimum absolute atomic E-state index is 0.370. The molecule has 0 saturated carbocycles. The largest absolute Gasteiger partial charge is 0.491 e. The Kier molecular flexibility index (Phi) is 4.00. The summed E-state index contributed by atoms with van der Waals surface area (Å²) in [7, 11) is -0.428. The maximum absolute atomic E-state index is 6.08. The Balaban J connectivity index is 1.92. The second-order valence-electron chi connectivity index (χ2n) is 6.82. The van der Waals surface area contributed by atoms with E-state index in [1.54, 1.807) is 12.4 Å². The molecule has 6 heteroatoms. The number of nitrogens with two attached hydrogens (primary N) is 1. The summed E-state index contributed by atoms with van der Waals surface area (Å²) in [6.07, 6.45) is 5.39. The van der Waals surface area contributed by atoms with Gasteiger partial charge in [0, 0.05) is 18.9 Å². The lowest BCUT2D eigenvalue weighted by Crippen LogP contribution is -2.41. The Bertz CT molecular complexity index is 742. The van der Waals surface area contributed by atoms with Gasteiger partial charge >= 0.3 is 7.12 Å². The fourth-order valence-electron chi connectivity index (χ4n) is 2.50. The molecule has 0 unspecified atom stereocenters. The van der Waals surface area contributed by atoms with E-state index in [0.29, 0.717) is 6.54 Å². The van der Waals surface area contributed by atoms with Crippen molar-refractivity contribution in [1.82, 2.24) is 9.97 Å². The molecule has 1 fully saturated rings. The van der Waals surface area contributed by atoms with Crippen LogP contribution in [0.15, 0.2) is 36.1 Å². The van der Waals surface area contributed by atoms with Crippen molar-refractivity contribution in [3.8, 4) is 0 Å². The van der Waals surface area contributed by atoms with Gasteiger partial charge in [-0.05, 0) is 50.9 Å². The number of hydrogen-bond donors (Lipinski definition) is 1. The predicted octanol–water partition coefficient (Wildman–Crippen LogP) is 2.60. The van der Waals surface area contributed by atoms with Gasteiger partial charge in [-0.3, -0.25) is 9.97 Å². The zero-order valence-electron chi connectivity index (χ0n) is 14.0. The molecule has 120 valence electrons. The molecule has 1 aliphatic rings. The SMILES string of the molecule is CC1(C)OB(C(=Cc2ccc3nccnc3c2)CN)OC1(C)C. The third kappa shape index (κ3) is 3.02. The molecule has 0 atom stereocenters. The molecular formula is C17H22BN3O2. The predicted molar refractivity (Wildman–Crippen MR) is 92.7 cm³/mol. The van der Waals surface area contributed by atoms with E-state index in [1.165, 1.54) is 0 Å². The third-order valence-electron chi connectivity index (χ3n) is 4.64. The van der Waals surface area contributed by atoms with E-state index >= 15 is 0 Å². The van der Waals surface area contributed by atoms with Crippen LogP contribution in [0.3, 0.4) is 0 Å². The van der Waals surface area contributed by atoms with Crippen LogP contribution in [-0.2, 0) is 9.31 Å². The number of benzene rings is 1. The average molecular weight is 311 g/mol. The fourth-order valence-corrected chi connectivity index (χ4v) is 2.50. The summed E-state index contributed by atoms with van der Waals surface area (Å²) < 4.78 is 12.2. The van der Waals surface area contributed by atoms with Crippen LogP contribution in [-0.4, -0.2) is 34.8 Å². The van der Waals surface area contributed by atoms with Gasteiger partial charge in [0.2, 0.25) is 0 Å². The standard InChI is InChI=1S/C17H22BN3O2/c1-16(2)17(3,4)23-18(22-16)13(11-19)9-12-5-6-14-15(10-12)21-8-7-20-14/h5-10H,11,19H2,1-4H3. The van der Waals surface area contributed by atoms with Crippen molar-refractivity contribution in [1.29, 1.82) is 0 Å². The maximum atomic E-state index is 6.08. The first-order chi connectivity index (χ1) is 10.8. The molecule has 1 aromatic carbocycles. The topological polar surface area (TPSA) is 70.3 Å². The van der Waals surface area contributed by atoms with Gasteiger partial charge in [0.15, 0.2) is 0 Å². The molecule has 0 bridgehead atoms. The van der Waals surface area contributed by atoms with Crippen molar-refractivity contribution in [2.75, 3.05) is 6.54 Å². The van der Waals surface area contributed by atoms with E-state index in [0.717, 1.165) is 22.1 Å². The smallest absolute Gasteiger partial charge is 0.400 e. The molecule has 2 N–H and O–H groups in total. The van der Waals surface area contributed by atoms with Crippen molar-refractivity contribution in [3.63, 3.8) is 0 Å². The molecule has 23 heavy (non-hydrogen) atoms. The van der Waals surface area contributed by atoms with Crippen LogP contribution in [0.2, 0.25) is 0 Å². The molecule has 0 aliphatic carbocycles. The molecular weight excluding hydrogens is 289 g/mol. The summed E-state index contributed by atoms with van der Waals surface area (Å²) in [6, 6.07) is 5.94. The summed E-state index contributed by atoms with van der Waals surface area (Å²) in [6.45, 7) is 8.51. The number of aromatic nitrogens is 2. The van der Waals surface area contributed by atoms with Gasteiger partial charge in [0.05, 0.1) is 22.2 Å². The minimum atomic E-state index is -0.428. The number of hydrogen-bond acceptors (Lipinski definition) is 5. The Morgan fingerprint density at radius 3 is 2.30 bits per heavy atom. The molecule has 1 aliphatic heterocycles. The molecule has 1 saturated heterocycles. The van der Waals surface area contributed by atoms with Crippen molar-refractivity contribution in [2.45, 2.75) is 38.9 Å². The van der Waals surface area contributed by atoms with Gasteiger partial charge in [-0.2, -0.15) is 0 Å². The molecule has 2 aromatic rings. The van der Waals surface area contributed by atoms with Crippen molar-refractivity contribution < 1.29 is 9.31 Å². The van der Waals surface area contributed by atoms with Crippen molar-refractivity contribution in [2.24, 2.45) is 5.73 Å². The lowest BCUT2D eigenvalue weighted by molar-refractivity contribution is 0.00578. The second-order valence-corrected chi connectivity index (χ2v) is 6.82. The molecule has 3 rings (SSSR count). The van der Waals surface area contributed by atoms with Gasteiger partial charge in [0.25, 0.3) is 0 Å². The third-order valence-corrected chi connectivity index (χ3v) is 4.64. The molecule has 0 spiro atoms. The van der Waals surface area contributed by atoms with E-state index in [1.807, 2.05) is 52.0 Å². The highest BCUT2D eigenvalue weighted by molar-refractivity contribution is 6.55. The number of fused-ring (bicyclic) bond motifs is 1. The van der Waals surface area contributed by atoms with E-state index < -0.39 is 7.12 Å². The summed E-state index contributed by atoms with van der Waals surface area (Å²) >= 11 is 0. The van der Waals surface area contributed by atoms with E-state index in [4.69, 9.17) is 15.0 Å². The first kappa shape index (κ1) is 16.1. The highest BCUT2D eigenvalue weighted by atomic mass is 16.7. The summed E-state index contributed by atoms with van der Waals surface area (Å²) in [5, 5.41) is 0. The van der Waals surface area contributed by atoms with Crippen LogP contribution >= 0.6 is 0 Å². The Morgan fingerprint density at radius 2 is 1.70 bits per heavy atom. The lowest BCUT2D eigenvalue weighted by Gasteiger charge is -2.32. The highest BCUT2D eigenvalue weighted by Crippen LogP contribution is 2.38. The quantitative estimate of drug-likeness (QED) is 0.882. The zero-order valence-corrected chi connectivity index (χ0v) is 14.0. The lowest BCUT2D eigenvalue weighted by atomic mass is 9.77. The van der Waals surface area contributed by atoms with E-state index in [2.05, 4.69) is 9.97 Å². The van der Waals surface area contributed by atoms with Crippen LogP contribution in [0.5, 0.6) is 0 Å². The van der Waals surface area contributed by atoms with Crippen LogP contribution in [0.25, 0.3) is 17.1 Å². The van der Waals surface area contributed by atoms with E-state index in [-0.39, 0.29) is 11.2 Å². The first-order valence-corrected chi connectivity index (χ1v) is 7.79. The van der Waals surface area contributed by atoms with Crippen molar-refractivity contribution in [3.05, 3.63) is 41.6 Å². The summed E-state index contributed by atoms with van der Waals surface area (Å²) in [4.78, 5) is 8.61. The van der Waals surface area contributed by atoms with Crippen LogP contribution < -0.4 is 5.73 Å². The van der Waals surface area contributed by atoms with Crippen LogP contribution in [0, 0.1) is 0 Å². The summed E-state index contributed by atoms with van der Waals surface area (Å²) in [5.74, 6) is 0. The molecule has 0 radical (unpaired) electrons. The normalized spacial score (nSPS) is 20.2. The van der Waals surface area contributed by atoms with E-state index in [9.17, 15) is 0 Å². The Morgan fingerprint density at radius 1 is 1.09 bits per heavy atom. The minimum Gasteiger partial charge on any atom is -0.400 e. The fraction of sp³-hybridized carbons (Fsp3) is 0.412. The van der Waals surface area contributed by atoms with Gasteiger partial charge in [0.1, 0.15) is 0 Å². The highest BCUT2D eigenvalue weighted by Gasteiger charge is 2.52. The monoisotopic (exact) mass is 311 g/mol. The van der Waals surface area contributed by atoms with Crippen molar-refractivity contribution >= 4 is 24.2 Å². The molecule has 0 amide bonds. The van der Waals surface area contributed by atoms with Gasteiger partial charge < -0.3 is 15.0 Å². The molecule has 2 heterocycles. The zero-order chi connectivity index (χ0) is 16.7. The first-order valence-electron chi connectivity index (χ1n) is 7.79. The van der Waals surface area contributed by atoms with Gasteiger partial charge in [-0.15, -0.1) is 0 Å². The van der Waals surface area contributed by atoms with Gasteiger partial charge in [-0.1, -0.05) is 12.1 Å². The maximum Gasteiger partial charge on any atom is 0.491 e. The van der Waals surface area contributed by atoms with Crippen LogP contribution in [0.4, 0.5) is 0 Å². The van der Waals surface area contributed by atoms with Gasteiger partial charge in [-0.25, -0.2) is 0 Å². The number of nitrogens with zero attached hydrogens (tertiary/aromatic N) is 2. The number of rotatable bonds is 3. The summed E-state index contributed by atoms with van der Waals surface area (Å²) in [5.41, 5.74) is 8.83. The molecule has 5 nitrogen and oxygen atoms in total.